The maximum Gasteiger partial charge on any atom is 0.295 e. The lowest BCUT2D eigenvalue weighted by Gasteiger charge is -2.28. The first-order valence-electron chi connectivity index (χ1n) is 12.1. The van der Waals surface area contributed by atoms with Gasteiger partial charge in [-0.05, 0) is 75.3 Å². The molecule has 1 N–H and O–H groups in total. The smallest absolute Gasteiger partial charge is 0.295 e. The highest BCUT2D eigenvalue weighted by Gasteiger charge is 2.46. The molecule has 9 heteroatoms. The van der Waals surface area contributed by atoms with Crippen LogP contribution in [0, 0.1) is 17.0 Å². The molecule has 0 aliphatic carbocycles. The Balaban J connectivity index is 2.10. The Morgan fingerprint density at radius 1 is 1.14 bits per heavy atom. The summed E-state index contributed by atoms with van der Waals surface area (Å²) < 4.78 is 5.77. The molecular formula is C27H33N3O6. The van der Waals surface area contributed by atoms with Gasteiger partial charge >= 0.3 is 0 Å². The standard InChI is InChI=1S/C27H33N3O6/c1-6-28(7-2)14-15-29-24(19-8-11-21(12-9-19)30(34)35)23(26(32)27(29)33)25(31)20-10-13-22(18(5)16-20)36-17(3)4/h8-13,16-17,24,31H,6-7,14-15H2,1-5H3/t24-/m0/s1. The zero-order valence-corrected chi connectivity index (χ0v) is 21.4. The molecule has 192 valence electrons. The second kappa shape index (κ2) is 11.3. The van der Waals surface area contributed by atoms with Crippen molar-refractivity contribution in [2.75, 3.05) is 26.2 Å². The topological polar surface area (TPSA) is 113 Å². The number of benzene rings is 2. The third-order valence-corrected chi connectivity index (χ3v) is 6.32. The highest BCUT2D eigenvalue weighted by molar-refractivity contribution is 6.46. The molecule has 1 amide bonds. The molecule has 0 aromatic heterocycles. The number of hydrogen-bond acceptors (Lipinski definition) is 7. The number of ketones is 1. The van der Waals surface area contributed by atoms with Crippen LogP contribution in [0.5, 0.6) is 5.75 Å². The molecule has 2 aromatic carbocycles. The summed E-state index contributed by atoms with van der Waals surface area (Å²) in [5.41, 5.74) is 1.53. The Kier molecular flexibility index (Phi) is 8.47. The van der Waals surface area contributed by atoms with Gasteiger partial charge in [0.2, 0.25) is 0 Å². The monoisotopic (exact) mass is 495 g/mol. The molecule has 1 saturated heterocycles. The first kappa shape index (κ1) is 26.9. The Bertz CT molecular complexity index is 1170. The van der Waals surface area contributed by atoms with Gasteiger partial charge in [0, 0.05) is 30.8 Å². The lowest BCUT2D eigenvalue weighted by Crippen LogP contribution is -2.38. The Labute approximate surface area is 211 Å². The van der Waals surface area contributed by atoms with Gasteiger partial charge in [-0.1, -0.05) is 13.8 Å². The molecule has 0 saturated carbocycles. The van der Waals surface area contributed by atoms with Gasteiger partial charge in [-0.2, -0.15) is 0 Å². The minimum atomic E-state index is -0.867. The molecule has 1 fully saturated rings. The van der Waals surface area contributed by atoms with Gasteiger partial charge in [-0.3, -0.25) is 19.7 Å². The summed E-state index contributed by atoms with van der Waals surface area (Å²) in [6, 6.07) is 9.94. The van der Waals surface area contributed by atoms with E-state index in [2.05, 4.69) is 4.90 Å². The summed E-state index contributed by atoms with van der Waals surface area (Å²) >= 11 is 0. The van der Waals surface area contributed by atoms with Crippen LogP contribution in [0.3, 0.4) is 0 Å². The number of rotatable bonds is 10. The number of carbonyl (C=O) groups is 2. The van der Waals surface area contributed by atoms with Crippen LogP contribution in [0.4, 0.5) is 5.69 Å². The number of aryl methyl sites for hydroxylation is 1. The first-order valence-corrected chi connectivity index (χ1v) is 12.1. The molecule has 0 radical (unpaired) electrons. The van der Waals surface area contributed by atoms with Crippen LogP contribution in [0.25, 0.3) is 5.76 Å². The van der Waals surface area contributed by atoms with Crippen molar-refractivity contribution < 1.29 is 24.4 Å². The number of aliphatic hydroxyl groups is 1. The molecule has 36 heavy (non-hydrogen) atoms. The molecule has 3 rings (SSSR count). The maximum absolute atomic E-state index is 13.2. The summed E-state index contributed by atoms with van der Waals surface area (Å²) in [5, 5.41) is 22.4. The van der Waals surface area contributed by atoms with Gasteiger partial charge in [0.1, 0.15) is 11.5 Å². The van der Waals surface area contributed by atoms with Crippen LogP contribution in [-0.2, 0) is 9.59 Å². The van der Waals surface area contributed by atoms with Crippen molar-refractivity contribution in [2.45, 2.75) is 46.8 Å². The van der Waals surface area contributed by atoms with Crippen LogP contribution in [0.1, 0.15) is 50.4 Å². The van der Waals surface area contributed by atoms with Gasteiger partial charge < -0.3 is 19.6 Å². The second-order valence-corrected chi connectivity index (χ2v) is 9.01. The van der Waals surface area contributed by atoms with Crippen LogP contribution in [-0.4, -0.2) is 63.8 Å². The van der Waals surface area contributed by atoms with E-state index >= 15 is 0 Å². The molecular weight excluding hydrogens is 462 g/mol. The summed E-state index contributed by atoms with van der Waals surface area (Å²) in [7, 11) is 0. The third-order valence-electron chi connectivity index (χ3n) is 6.32. The average molecular weight is 496 g/mol. The summed E-state index contributed by atoms with van der Waals surface area (Å²) in [6.07, 6.45) is -0.0265. The van der Waals surface area contributed by atoms with E-state index in [-0.39, 0.29) is 29.7 Å². The van der Waals surface area contributed by atoms with Crippen molar-refractivity contribution in [1.82, 2.24) is 9.80 Å². The van der Waals surface area contributed by atoms with Crippen molar-refractivity contribution in [2.24, 2.45) is 0 Å². The minimum Gasteiger partial charge on any atom is -0.507 e. The normalized spacial score (nSPS) is 17.3. The highest BCUT2D eigenvalue weighted by atomic mass is 16.6. The quantitative estimate of drug-likeness (QED) is 0.170. The predicted molar refractivity (Wildman–Crippen MR) is 137 cm³/mol. The molecule has 1 atom stereocenters. The van der Waals surface area contributed by atoms with Crippen molar-refractivity contribution >= 4 is 23.1 Å². The van der Waals surface area contributed by atoms with E-state index in [9.17, 15) is 24.8 Å². The predicted octanol–water partition coefficient (Wildman–Crippen LogP) is 4.45. The molecule has 1 heterocycles. The Hall–Kier alpha value is -3.72. The number of nitro benzene ring substituents is 1. The zero-order valence-electron chi connectivity index (χ0n) is 21.4. The largest absolute Gasteiger partial charge is 0.507 e. The van der Waals surface area contributed by atoms with E-state index in [0.29, 0.717) is 23.4 Å². The highest BCUT2D eigenvalue weighted by Crippen LogP contribution is 2.40. The third kappa shape index (κ3) is 5.57. The minimum absolute atomic E-state index is 0.0265. The summed E-state index contributed by atoms with van der Waals surface area (Å²) in [6.45, 7) is 12.1. The molecule has 2 aromatic rings. The molecule has 1 aliphatic heterocycles. The SMILES string of the molecule is CCN(CC)CCN1C(=O)C(=O)C(=C(O)c2ccc(OC(C)C)c(C)c2)[C@@H]1c1ccc([N+](=O)[O-])cc1. The number of likely N-dealkylation sites (N-methyl/N-ethyl adjacent to an activating group) is 1. The fourth-order valence-electron chi connectivity index (χ4n) is 4.36. The average Bonchev–Trinajstić information content (AvgIpc) is 3.10. The van der Waals surface area contributed by atoms with Crippen molar-refractivity contribution in [3.05, 3.63) is 74.8 Å². The van der Waals surface area contributed by atoms with Crippen molar-refractivity contribution in [1.29, 1.82) is 0 Å². The zero-order chi connectivity index (χ0) is 26.6. The van der Waals surface area contributed by atoms with Crippen LogP contribution in [0.2, 0.25) is 0 Å². The maximum atomic E-state index is 13.2. The van der Waals surface area contributed by atoms with E-state index in [4.69, 9.17) is 4.74 Å². The van der Waals surface area contributed by atoms with Gasteiger partial charge in [0.25, 0.3) is 17.4 Å². The van der Waals surface area contributed by atoms with Gasteiger partial charge in [-0.15, -0.1) is 0 Å². The molecule has 0 unspecified atom stereocenters. The Morgan fingerprint density at radius 3 is 2.31 bits per heavy atom. The lowest BCUT2D eigenvalue weighted by molar-refractivity contribution is -0.384. The van der Waals surface area contributed by atoms with Gasteiger partial charge in [-0.25, -0.2) is 0 Å². The van der Waals surface area contributed by atoms with Crippen LogP contribution >= 0.6 is 0 Å². The number of non-ortho nitro benzene ring substituents is 1. The van der Waals surface area contributed by atoms with Gasteiger partial charge in [0.15, 0.2) is 0 Å². The first-order chi connectivity index (χ1) is 17.1. The number of nitrogens with zero attached hydrogens (tertiary/aromatic N) is 3. The number of nitro groups is 1. The van der Waals surface area contributed by atoms with E-state index in [1.165, 1.54) is 29.2 Å². The van der Waals surface area contributed by atoms with E-state index in [1.54, 1.807) is 18.2 Å². The van der Waals surface area contributed by atoms with E-state index < -0.39 is 22.7 Å². The van der Waals surface area contributed by atoms with Gasteiger partial charge in [0.05, 0.1) is 22.6 Å². The number of amides is 1. The second-order valence-electron chi connectivity index (χ2n) is 9.01. The lowest BCUT2D eigenvalue weighted by atomic mass is 9.94. The number of carbonyl (C=O) groups excluding carboxylic acids is 2. The number of hydrogen-bond donors (Lipinski definition) is 1. The number of aliphatic hydroxyl groups excluding tert-OH is 1. The molecule has 1 aliphatic rings. The Morgan fingerprint density at radius 2 is 1.78 bits per heavy atom. The number of likely N-dealkylation sites (tertiary alicyclic amines) is 1. The molecule has 9 nitrogen and oxygen atoms in total. The number of ether oxygens (including phenoxy) is 1. The van der Waals surface area contributed by atoms with E-state index in [1.807, 2.05) is 34.6 Å². The number of Topliss-reactive ketones (excluding diaryl/α,β-unsaturated/α-hetero) is 1. The molecule has 0 spiro atoms. The van der Waals surface area contributed by atoms with Crippen molar-refractivity contribution in [3.63, 3.8) is 0 Å². The molecule has 0 bridgehead atoms. The van der Waals surface area contributed by atoms with Crippen LogP contribution < -0.4 is 4.74 Å². The summed E-state index contributed by atoms with van der Waals surface area (Å²) in [4.78, 5) is 40.6. The van der Waals surface area contributed by atoms with E-state index in [0.717, 1.165) is 18.7 Å². The summed E-state index contributed by atoms with van der Waals surface area (Å²) in [5.74, 6) is -1.12. The van der Waals surface area contributed by atoms with Crippen molar-refractivity contribution in [3.8, 4) is 5.75 Å². The fourth-order valence-corrected chi connectivity index (χ4v) is 4.36. The fraction of sp³-hybridized carbons (Fsp3) is 0.407. The van der Waals surface area contributed by atoms with Crippen LogP contribution in [0.15, 0.2) is 48.0 Å².